The minimum Gasteiger partial charge on any atom is -0.253 e. The van der Waals surface area contributed by atoms with E-state index in [1.54, 1.807) is 0 Å². The number of halogens is 1. The normalized spacial score (nSPS) is 10.3. The molecule has 0 aromatic carbocycles. The van der Waals surface area contributed by atoms with Crippen molar-refractivity contribution in [2.24, 2.45) is 0 Å². The van der Waals surface area contributed by atoms with Crippen molar-refractivity contribution in [1.82, 2.24) is 15.2 Å². The first kappa shape index (κ1) is 8.77. The Morgan fingerprint density at radius 2 is 2.15 bits per heavy atom. The largest absolute Gasteiger partial charge is 0.253 e. The molecule has 13 heavy (non-hydrogen) atoms. The smallest absolute Gasteiger partial charge is 0.183 e. The summed E-state index contributed by atoms with van der Waals surface area (Å²) in [7, 11) is 0. The molecule has 5 heteroatoms. The molecule has 0 aliphatic heterocycles. The molecule has 3 nitrogen and oxygen atoms in total. The van der Waals surface area contributed by atoms with Crippen molar-refractivity contribution in [3.8, 4) is 10.7 Å². The average Bonchev–Trinajstić information content (AvgIpc) is 2.53. The number of pyridine rings is 1. The lowest BCUT2D eigenvalue weighted by atomic mass is 10.3. The van der Waals surface area contributed by atoms with Crippen LogP contribution in [0.25, 0.3) is 10.7 Å². The fourth-order valence-corrected chi connectivity index (χ4v) is 1.99. The monoisotopic (exact) mass is 255 g/mol. The fourth-order valence-electron chi connectivity index (χ4n) is 0.903. The van der Waals surface area contributed by atoms with Crippen LogP contribution >= 0.6 is 27.3 Å². The highest BCUT2D eigenvalue weighted by atomic mass is 79.9. The fraction of sp³-hybridized carbons (Fsp3) is 0.125. The van der Waals surface area contributed by atoms with Gasteiger partial charge in [0.15, 0.2) is 8.92 Å². The first-order valence-electron chi connectivity index (χ1n) is 3.68. The van der Waals surface area contributed by atoms with Gasteiger partial charge in [-0.3, -0.25) is 4.98 Å². The maximum atomic E-state index is 4.25. The molecule has 2 heterocycles. The predicted molar refractivity (Wildman–Crippen MR) is 55.6 cm³/mol. The number of hydrogen-bond donors (Lipinski definition) is 0. The Morgan fingerprint density at radius 1 is 1.31 bits per heavy atom. The molecule has 0 N–H and O–H groups in total. The van der Waals surface area contributed by atoms with Gasteiger partial charge in [0.1, 0.15) is 5.69 Å². The van der Waals surface area contributed by atoms with Crippen LogP contribution in [0.3, 0.4) is 0 Å². The first-order chi connectivity index (χ1) is 6.25. The van der Waals surface area contributed by atoms with Crippen molar-refractivity contribution < 1.29 is 0 Å². The van der Waals surface area contributed by atoms with Crippen molar-refractivity contribution in [3.63, 3.8) is 0 Å². The Hall–Kier alpha value is -0.810. The first-order valence-corrected chi connectivity index (χ1v) is 5.29. The van der Waals surface area contributed by atoms with Crippen LogP contribution in [-0.4, -0.2) is 15.2 Å². The van der Waals surface area contributed by atoms with Gasteiger partial charge in [-0.15, -0.1) is 10.2 Å². The van der Waals surface area contributed by atoms with Crippen molar-refractivity contribution in [1.29, 1.82) is 0 Å². The topological polar surface area (TPSA) is 38.7 Å². The molecule has 0 aliphatic carbocycles. The summed E-state index contributed by atoms with van der Waals surface area (Å²) < 4.78 is 0.782. The zero-order valence-electron chi connectivity index (χ0n) is 6.86. The lowest BCUT2D eigenvalue weighted by Crippen LogP contribution is -1.82. The molecule has 0 unspecified atom stereocenters. The maximum Gasteiger partial charge on any atom is 0.183 e. The molecule has 0 saturated heterocycles. The van der Waals surface area contributed by atoms with Gasteiger partial charge in [0, 0.05) is 6.20 Å². The van der Waals surface area contributed by atoms with Crippen molar-refractivity contribution in [2.75, 3.05) is 0 Å². The summed E-state index contributed by atoms with van der Waals surface area (Å²) in [6, 6.07) is 3.96. The molecule has 0 radical (unpaired) electrons. The highest BCUT2D eigenvalue weighted by molar-refractivity contribution is 9.11. The summed E-state index contributed by atoms with van der Waals surface area (Å²) in [4.78, 5) is 4.25. The van der Waals surface area contributed by atoms with Crippen LogP contribution < -0.4 is 0 Å². The summed E-state index contributed by atoms with van der Waals surface area (Å²) in [6.07, 6.45) is 1.82. The van der Waals surface area contributed by atoms with E-state index >= 15 is 0 Å². The van der Waals surface area contributed by atoms with Gasteiger partial charge in [-0.25, -0.2) is 0 Å². The Kier molecular flexibility index (Phi) is 2.37. The summed E-state index contributed by atoms with van der Waals surface area (Å²) in [5, 5.41) is 8.68. The van der Waals surface area contributed by atoms with E-state index in [1.165, 1.54) is 11.3 Å². The van der Waals surface area contributed by atoms with Gasteiger partial charge in [-0.05, 0) is 34.5 Å². The van der Waals surface area contributed by atoms with Gasteiger partial charge in [-0.1, -0.05) is 17.4 Å². The van der Waals surface area contributed by atoms with Gasteiger partial charge in [-0.2, -0.15) is 0 Å². The molecular formula is C8H6BrN3S. The van der Waals surface area contributed by atoms with E-state index in [0.29, 0.717) is 0 Å². The van der Waals surface area contributed by atoms with Crippen LogP contribution in [0.4, 0.5) is 0 Å². The summed E-state index contributed by atoms with van der Waals surface area (Å²) >= 11 is 4.74. The van der Waals surface area contributed by atoms with Crippen LogP contribution in [0.15, 0.2) is 22.2 Å². The Morgan fingerprint density at radius 3 is 2.69 bits per heavy atom. The molecule has 2 rings (SSSR count). The van der Waals surface area contributed by atoms with Crippen LogP contribution in [-0.2, 0) is 0 Å². The van der Waals surface area contributed by atoms with Crippen molar-refractivity contribution in [3.05, 3.63) is 27.8 Å². The van der Waals surface area contributed by atoms with Crippen LogP contribution in [0.5, 0.6) is 0 Å². The summed E-state index contributed by atoms with van der Waals surface area (Å²) in [5.74, 6) is 0. The number of hydrogen-bond acceptors (Lipinski definition) is 4. The average molecular weight is 256 g/mol. The minimum atomic E-state index is 0.782. The van der Waals surface area contributed by atoms with E-state index in [-0.39, 0.29) is 0 Å². The Labute approximate surface area is 88.0 Å². The van der Waals surface area contributed by atoms with Crippen LogP contribution in [0.2, 0.25) is 0 Å². The summed E-state index contributed by atoms with van der Waals surface area (Å²) in [5.41, 5.74) is 2.01. The molecule has 0 saturated carbocycles. The van der Waals surface area contributed by atoms with Gasteiger partial charge in [0.05, 0.1) is 0 Å². The molecule has 0 aliphatic rings. The second-order valence-corrected chi connectivity index (χ2v) is 4.83. The van der Waals surface area contributed by atoms with Crippen LogP contribution in [0.1, 0.15) is 5.56 Å². The van der Waals surface area contributed by atoms with E-state index in [0.717, 1.165) is 20.2 Å². The zero-order valence-corrected chi connectivity index (χ0v) is 9.26. The second kappa shape index (κ2) is 3.51. The van der Waals surface area contributed by atoms with Crippen molar-refractivity contribution >= 4 is 27.3 Å². The predicted octanol–water partition coefficient (Wildman–Crippen LogP) is 2.67. The van der Waals surface area contributed by atoms with E-state index in [9.17, 15) is 0 Å². The zero-order chi connectivity index (χ0) is 9.26. The van der Waals surface area contributed by atoms with Gasteiger partial charge >= 0.3 is 0 Å². The molecule has 2 aromatic heterocycles. The highest BCUT2D eigenvalue weighted by Crippen LogP contribution is 2.24. The molecule has 0 bridgehead atoms. The van der Waals surface area contributed by atoms with Crippen LogP contribution in [0, 0.1) is 6.92 Å². The van der Waals surface area contributed by atoms with Gasteiger partial charge < -0.3 is 0 Å². The maximum absolute atomic E-state index is 4.25. The Bertz CT molecular complexity index is 410. The third-order valence-corrected chi connectivity index (χ3v) is 2.91. The number of aromatic nitrogens is 3. The van der Waals surface area contributed by atoms with Gasteiger partial charge in [0.2, 0.25) is 0 Å². The SMILES string of the molecule is Cc1ccc(-c2nnc(Br)s2)nc1. The van der Waals surface area contributed by atoms with Gasteiger partial charge in [0.25, 0.3) is 0 Å². The molecular weight excluding hydrogens is 250 g/mol. The highest BCUT2D eigenvalue weighted by Gasteiger charge is 2.04. The summed E-state index contributed by atoms with van der Waals surface area (Å²) in [6.45, 7) is 2.01. The lowest BCUT2D eigenvalue weighted by molar-refractivity contribution is 1.07. The molecule has 0 amide bonds. The van der Waals surface area contributed by atoms with E-state index in [4.69, 9.17) is 0 Å². The molecule has 0 spiro atoms. The molecule has 2 aromatic rings. The molecule has 0 atom stereocenters. The lowest BCUT2D eigenvalue weighted by Gasteiger charge is -1.93. The second-order valence-electron chi connectivity index (χ2n) is 2.58. The standard InChI is InChI=1S/C8H6BrN3S/c1-5-2-3-6(10-4-5)7-11-12-8(9)13-7/h2-4H,1H3. The minimum absolute atomic E-state index is 0.782. The Balaban J connectivity index is 2.41. The molecule has 66 valence electrons. The number of nitrogens with zero attached hydrogens (tertiary/aromatic N) is 3. The quantitative estimate of drug-likeness (QED) is 0.787. The van der Waals surface area contributed by atoms with E-state index in [1.807, 2.05) is 25.3 Å². The van der Waals surface area contributed by atoms with Crippen molar-refractivity contribution in [2.45, 2.75) is 6.92 Å². The third-order valence-electron chi connectivity index (χ3n) is 1.53. The van der Waals surface area contributed by atoms with E-state index in [2.05, 4.69) is 31.1 Å². The van der Waals surface area contributed by atoms with E-state index < -0.39 is 0 Å². The third kappa shape index (κ3) is 1.92. The number of rotatable bonds is 1. The number of aryl methyl sites for hydroxylation is 1. The molecule has 0 fully saturated rings.